The van der Waals surface area contributed by atoms with E-state index < -0.39 is 0 Å². The lowest BCUT2D eigenvalue weighted by Gasteiger charge is -2.44. The van der Waals surface area contributed by atoms with Gasteiger partial charge in [-0.2, -0.15) is 0 Å². The molecule has 1 saturated heterocycles. The Balaban J connectivity index is 1.62. The third-order valence-corrected chi connectivity index (χ3v) is 6.15. The number of piperidine rings is 1. The Bertz CT molecular complexity index is 783. The molecule has 0 spiro atoms. The first-order valence-electron chi connectivity index (χ1n) is 10.1. The highest BCUT2D eigenvalue weighted by Gasteiger charge is 2.36. The third-order valence-electron chi connectivity index (χ3n) is 6.15. The van der Waals surface area contributed by atoms with Gasteiger partial charge in [-0.3, -0.25) is 4.79 Å². The van der Waals surface area contributed by atoms with E-state index in [1.165, 1.54) is 31.2 Å². The van der Waals surface area contributed by atoms with E-state index in [2.05, 4.69) is 30.0 Å². The molecule has 2 unspecified atom stereocenters. The normalized spacial score (nSPS) is 22.7. The van der Waals surface area contributed by atoms with E-state index in [1.54, 1.807) is 0 Å². The topological polar surface area (TPSA) is 33.2 Å². The van der Waals surface area contributed by atoms with Gasteiger partial charge in [0.15, 0.2) is 0 Å². The van der Waals surface area contributed by atoms with Gasteiger partial charge < -0.3 is 4.90 Å². The third kappa shape index (κ3) is 3.27. The Morgan fingerprint density at radius 2 is 1.85 bits per heavy atom. The van der Waals surface area contributed by atoms with Crippen molar-refractivity contribution < 1.29 is 4.79 Å². The maximum atomic E-state index is 13.3. The molecule has 2 fully saturated rings. The SMILES string of the molecule is CCc1ccccc1-c1cccc(C(=O)N2CCCC3CCCCC32)n1. The largest absolute Gasteiger partial charge is 0.334 e. The molecule has 2 atom stereocenters. The maximum Gasteiger partial charge on any atom is 0.272 e. The number of aryl methyl sites for hydroxylation is 1. The molecular formula is C23H28N2O. The Morgan fingerprint density at radius 3 is 2.73 bits per heavy atom. The van der Waals surface area contributed by atoms with Crippen LogP contribution in [0.25, 0.3) is 11.3 Å². The van der Waals surface area contributed by atoms with Crippen molar-refractivity contribution >= 4 is 5.91 Å². The van der Waals surface area contributed by atoms with Gasteiger partial charge in [-0.1, -0.05) is 50.1 Å². The highest BCUT2D eigenvalue weighted by molar-refractivity contribution is 5.93. The number of likely N-dealkylation sites (tertiary alicyclic amines) is 1. The molecule has 4 rings (SSSR count). The monoisotopic (exact) mass is 348 g/mol. The molecule has 0 bridgehead atoms. The summed E-state index contributed by atoms with van der Waals surface area (Å²) in [5.74, 6) is 0.822. The zero-order valence-electron chi connectivity index (χ0n) is 15.7. The first kappa shape index (κ1) is 17.3. The van der Waals surface area contributed by atoms with Crippen LogP contribution in [0.2, 0.25) is 0 Å². The van der Waals surface area contributed by atoms with E-state index in [4.69, 9.17) is 4.98 Å². The summed E-state index contributed by atoms with van der Waals surface area (Å²) in [5.41, 5.74) is 3.92. The van der Waals surface area contributed by atoms with Crippen molar-refractivity contribution in [1.82, 2.24) is 9.88 Å². The predicted molar refractivity (Wildman–Crippen MR) is 105 cm³/mol. The molecule has 1 saturated carbocycles. The average molecular weight is 348 g/mol. The Labute approximate surface area is 156 Å². The lowest BCUT2D eigenvalue weighted by Crippen LogP contribution is -2.49. The van der Waals surface area contributed by atoms with Gasteiger partial charge in [-0.05, 0) is 55.7 Å². The molecule has 0 N–H and O–H groups in total. The number of hydrogen-bond acceptors (Lipinski definition) is 2. The van der Waals surface area contributed by atoms with Crippen LogP contribution in [-0.4, -0.2) is 28.4 Å². The van der Waals surface area contributed by atoms with Gasteiger partial charge >= 0.3 is 0 Å². The minimum atomic E-state index is 0.123. The molecule has 1 amide bonds. The highest BCUT2D eigenvalue weighted by atomic mass is 16.2. The van der Waals surface area contributed by atoms with Crippen LogP contribution < -0.4 is 0 Å². The smallest absolute Gasteiger partial charge is 0.272 e. The molecule has 2 aromatic rings. The van der Waals surface area contributed by atoms with Crippen LogP contribution in [0, 0.1) is 5.92 Å². The number of nitrogens with zero attached hydrogens (tertiary/aromatic N) is 2. The van der Waals surface area contributed by atoms with Gasteiger partial charge in [0.05, 0.1) is 5.69 Å². The second-order valence-electron chi connectivity index (χ2n) is 7.67. The lowest BCUT2D eigenvalue weighted by atomic mass is 9.78. The molecular weight excluding hydrogens is 320 g/mol. The fourth-order valence-electron chi connectivity index (χ4n) is 4.81. The number of aromatic nitrogens is 1. The van der Waals surface area contributed by atoms with E-state index in [9.17, 15) is 4.79 Å². The summed E-state index contributed by atoms with van der Waals surface area (Å²) >= 11 is 0. The number of hydrogen-bond donors (Lipinski definition) is 0. The molecule has 0 radical (unpaired) electrons. The summed E-state index contributed by atoms with van der Waals surface area (Å²) in [7, 11) is 0. The van der Waals surface area contributed by atoms with Gasteiger partial charge in [0, 0.05) is 18.2 Å². The fraction of sp³-hybridized carbons (Fsp3) is 0.478. The summed E-state index contributed by atoms with van der Waals surface area (Å²) in [6, 6.07) is 14.7. The van der Waals surface area contributed by atoms with Crippen LogP contribution in [0.1, 0.15) is 61.5 Å². The van der Waals surface area contributed by atoms with Crippen molar-refractivity contribution in [2.75, 3.05) is 6.54 Å². The molecule has 3 nitrogen and oxygen atoms in total. The Hall–Kier alpha value is -2.16. The molecule has 136 valence electrons. The van der Waals surface area contributed by atoms with E-state index in [1.807, 2.05) is 24.3 Å². The number of carbonyl (C=O) groups is 1. The van der Waals surface area contributed by atoms with E-state index in [-0.39, 0.29) is 5.91 Å². The molecule has 2 aliphatic rings. The van der Waals surface area contributed by atoms with Crippen molar-refractivity contribution in [1.29, 1.82) is 0 Å². The molecule has 1 aliphatic heterocycles. The van der Waals surface area contributed by atoms with Crippen molar-refractivity contribution in [3.05, 3.63) is 53.7 Å². The zero-order chi connectivity index (χ0) is 17.9. The van der Waals surface area contributed by atoms with Gasteiger partial charge in [0.2, 0.25) is 0 Å². The number of fused-ring (bicyclic) bond motifs is 1. The first-order chi connectivity index (χ1) is 12.8. The minimum Gasteiger partial charge on any atom is -0.334 e. The van der Waals surface area contributed by atoms with Gasteiger partial charge in [-0.25, -0.2) is 4.98 Å². The molecule has 1 aromatic carbocycles. The summed E-state index contributed by atoms with van der Waals surface area (Å²) in [5, 5.41) is 0. The average Bonchev–Trinajstić information content (AvgIpc) is 2.73. The van der Waals surface area contributed by atoms with Crippen LogP contribution in [0.5, 0.6) is 0 Å². The van der Waals surface area contributed by atoms with Crippen molar-refractivity contribution in [2.24, 2.45) is 5.92 Å². The summed E-state index contributed by atoms with van der Waals surface area (Å²) in [4.78, 5) is 20.2. The number of carbonyl (C=O) groups excluding carboxylic acids is 1. The number of amides is 1. The van der Waals surface area contributed by atoms with Gasteiger partial charge in [0.1, 0.15) is 5.69 Å². The first-order valence-corrected chi connectivity index (χ1v) is 10.1. The van der Waals surface area contributed by atoms with Crippen molar-refractivity contribution in [2.45, 2.75) is 57.9 Å². The number of benzene rings is 1. The lowest BCUT2D eigenvalue weighted by molar-refractivity contribution is 0.0385. The quantitative estimate of drug-likeness (QED) is 0.772. The summed E-state index contributed by atoms with van der Waals surface area (Å²) < 4.78 is 0. The van der Waals surface area contributed by atoms with Gasteiger partial charge in [0.25, 0.3) is 5.91 Å². The van der Waals surface area contributed by atoms with E-state index in [0.29, 0.717) is 17.7 Å². The predicted octanol–water partition coefficient (Wildman–Crippen LogP) is 5.11. The number of pyridine rings is 1. The molecule has 1 aromatic heterocycles. The molecule has 3 heteroatoms. The van der Waals surface area contributed by atoms with Crippen molar-refractivity contribution in [3.8, 4) is 11.3 Å². The zero-order valence-corrected chi connectivity index (χ0v) is 15.7. The second kappa shape index (κ2) is 7.61. The Morgan fingerprint density at radius 1 is 1.04 bits per heavy atom. The highest BCUT2D eigenvalue weighted by Crippen LogP contribution is 2.36. The molecule has 2 heterocycles. The van der Waals surface area contributed by atoms with E-state index >= 15 is 0 Å². The van der Waals surface area contributed by atoms with E-state index in [0.717, 1.165) is 37.1 Å². The minimum absolute atomic E-state index is 0.123. The maximum absolute atomic E-state index is 13.3. The summed E-state index contributed by atoms with van der Waals surface area (Å²) in [6.45, 7) is 3.04. The molecule has 1 aliphatic carbocycles. The fourth-order valence-corrected chi connectivity index (χ4v) is 4.81. The van der Waals surface area contributed by atoms with Crippen molar-refractivity contribution in [3.63, 3.8) is 0 Å². The van der Waals surface area contributed by atoms with Crippen LogP contribution in [0.3, 0.4) is 0 Å². The van der Waals surface area contributed by atoms with Crippen LogP contribution >= 0.6 is 0 Å². The number of rotatable bonds is 3. The van der Waals surface area contributed by atoms with Gasteiger partial charge in [-0.15, -0.1) is 0 Å². The van der Waals surface area contributed by atoms with Crippen LogP contribution in [0.15, 0.2) is 42.5 Å². The molecule has 26 heavy (non-hydrogen) atoms. The summed E-state index contributed by atoms with van der Waals surface area (Å²) in [6.07, 6.45) is 8.40. The van der Waals surface area contributed by atoms with Crippen LogP contribution in [0.4, 0.5) is 0 Å². The Kier molecular flexibility index (Phi) is 5.05. The van der Waals surface area contributed by atoms with Crippen LogP contribution in [-0.2, 0) is 6.42 Å². The standard InChI is InChI=1S/C23H28N2O/c1-2-17-9-3-5-12-19(17)20-13-7-14-21(24-20)23(26)25-16-8-11-18-10-4-6-15-22(18)25/h3,5,7,9,12-14,18,22H,2,4,6,8,10-11,15-16H2,1H3. The second-order valence-corrected chi connectivity index (χ2v) is 7.67.